The van der Waals surface area contributed by atoms with Gasteiger partial charge >= 0.3 is 0 Å². The van der Waals surface area contributed by atoms with Gasteiger partial charge in [-0.2, -0.15) is 0 Å². The first-order chi connectivity index (χ1) is 11.7. The summed E-state index contributed by atoms with van der Waals surface area (Å²) >= 11 is 0. The fraction of sp³-hybridized carbons (Fsp3) is 0.611. The molecule has 1 amide bonds. The molecule has 6 nitrogen and oxygen atoms in total. The van der Waals surface area contributed by atoms with Crippen LogP contribution in [0.1, 0.15) is 25.3 Å². The zero-order valence-corrected chi connectivity index (χ0v) is 14.9. The van der Waals surface area contributed by atoms with Crippen LogP contribution in [-0.2, 0) is 11.2 Å². The molecule has 0 spiro atoms. The zero-order valence-electron chi connectivity index (χ0n) is 14.9. The summed E-state index contributed by atoms with van der Waals surface area (Å²) in [4.78, 5) is 14.2. The van der Waals surface area contributed by atoms with Crippen molar-refractivity contribution in [3.05, 3.63) is 17.7 Å². The molecule has 1 aliphatic heterocycles. The average Bonchev–Trinajstić information content (AvgIpc) is 2.64. The Morgan fingerprint density at radius 3 is 2.33 bits per heavy atom. The molecular formula is C18H28N2O4. The van der Waals surface area contributed by atoms with Crippen LogP contribution in [0.5, 0.6) is 17.2 Å². The van der Waals surface area contributed by atoms with Gasteiger partial charge in [0.15, 0.2) is 11.5 Å². The summed E-state index contributed by atoms with van der Waals surface area (Å²) in [6, 6.07) is 3.86. The van der Waals surface area contributed by atoms with E-state index in [4.69, 9.17) is 14.2 Å². The monoisotopic (exact) mass is 336 g/mol. The second-order valence-electron chi connectivity index (χ2n) is 5.81. The van der Waals surface area contributed by atoms with Crippen molar-refractivity contribution in [1.29, 1.82) is 0 Å². The van der Waals surface area contributed by atoms with Crippen molar-refractivity contribution in [2.24, 2.45) is 0 Å². The number of hydrogen-bond donors (Lipinski definition) is 1. The molecule has 0 saturated carbocycles. The average molecular weight is 336 g/mol. The van der Waals surface area contributed by atoms with E-state index in [0.717, 1.165) is 38.2 Å². The van der Waals surface area contributed by atoms with E-state index in [2.05, 4.69) is 12.2 Å². The second kappa shape index (κ2) is 9.37. The Kier molecular flexibility index (Phi) is 7.18. The summed E-state index contributed by atoms with van der Waals surface area (Å²) in [5.41, 5.74) is 1.01. The van der Waals surface area contributed by atoms with Crippen molar-refractivity contribution in [3.63, 3.8) is 0 Å². The van der Waals surface area contributed by atoms with Crippen LogP contribution in [-0.4, -0.2) is 57.8 Å². The van der Waals surface area contributed by atoms with Crippen molar-refractivity contribution in [1.82, 2.24) is 10.2 Å². The number of aryl methyl sites for hydroxylation is 1. The van der Waals surface area contributed by atoms with E-state index in [-0.39, 0.29) is 5.91 Å². The molecule has 6 heteroatoms. The highest BCUT2D eigenvalue weighted by Gasteiger charge is 2.18. The lowest BCUT2D eigenvalue weighted by molar-refractivity contribution is -0.131. The number of methoxy groups -OCH3 is 2. The first kappa shape index (κ1) is 18.4. The van der Waals surface area contributed by atoms with Crippen LogP contribution in [0.3, 0.4) is 0 Å². The summed E-state index contributed by atoms with van der Waals surface area (Å²) < 4.78 is 16.6. The molecule has 0 aliphatic carbocycles. The molecule has 0 bridgehead atoms. The fourth-order valence-electron chi connectivity index (χ4n) is 2.75. The van der Waals surface area contributed by atoms with Crippen LogP contribution in [0.15, 0.2) is 12.1 Å². The van der Waals surface area contributed by atoms with Crippen molar-refractivity contribution in [3.8, 4) is 17.2 Å². The van der Waals surface area contributed by atoms with E-state index in [1.54, 1.807) is 14.2 Å². The van der Waals surface area contributed by atoms with Gasteiger partial charge in [0.05, 0.1) is 20.8 Å². The number of hydrogen-bond acceptors (Lipinski definition) is 5. The molecule has 1 N–H and O–H groups in total. The maximum Gasteiger partial charge on any atom is 0.222 e. The van der Waals surface area contributed by atoms with E-state index in [0.29, 0.717) is 36.7 Å². The number of nitrogens with zero attached hydrogens (tertiary/aromatic N) is 1. The summed E-state index contributed by atoms with van der Waals surface area (Å²) in [5.74, 6) is 2.11. The smallest absolute Gasteiger partial charge is 0.222 e. The van der Waals surface area contributed by atoms with Crippen LogP contribution in [0, 0.1) is 0 Å². The molecular weight excluding hydrogens is 308 g/mol. The van der Waals surface area contributed by atoms with Crippen LogP contribution in [0.25, 0.3) is 0 Å². The van der Waals surface area contributed by atoms with Crippen LogP contribution < -0.4 is 19.5 Å². The molecule has 1 aromatic carbocycles. The van der Waals surface area contributed by atoms with Gasteiger partial charge in [-0.15, -0.1) is 0 Å². The number of nitrogens with one attached hydrogen (secondary N) is 1. The topological polar surface area (TPSA) is 60.0 Å². The second-order valence-corrected chi connectivity index (χ2v) is 5.81. The van der Waals surface area contributed by atoms with Gasteiger partial charge in [-0.1, -0.05) is 6.92 Å². The Balaban J connectivity index is 2.05. The standard InChI is InChI=1S/C18H28N2O4/c1-4-11-24-18-15(22-2)12-14(13-16(18)23-3)5-6-17(21)20-9-7-19-8-10-20/h12-13,19H,4-11H2,1-3H3. The molecule has 1 fully saturated rings. The van der Waals surface area contributed by atoms with Gasteiger partial charge < -0.3 is 24.4 Å². The van der Waals surface area contributed by atoms with Crippen molar-refractivity contribution < 1.29 is 19.0 Å². The van der Waals surface area contributed by atoms with Gasteiger partial charge in [-0.05, 0) is 30.5 Å². The van der Waals surface area contributed by atoms with E-state index in [1.807, 2.05) is 17.0 Å². The van der Waals surface area contributed by atoms with E-state index < -0.39 is 0 Å². The van der Waals surface area contributed by atoms with Gasteiger partial charge in [-0.3, -0.25) is 4.79 Å². The largest absolute Gasteiger partial charge is 0.493 e. The molecule has 1 aromatic rings. The maximum atomic E-state index is 12.3. The normalized spacial score (nSPS) is 14.4. The Bertz CT molecular complexity index is 517. The van der Waals surface area contributed by atoms with Crippen LogP contribution >= 0.6 is 0 Å². The van der Waals surface area contributed by atoms with Crippen LogP contribution in [0.2, 0.25) is 0 Å². The third-order valence-corrected chi connectivity index (χ3v) is 4.07. The Morgan fingerprint density at radius 1 is 1.17 bits per heavy atom. The van der Waals surface area contributed by atoms with E-state index in [9.17, 15) is 4.79 Å². The lowest BCUT2D eigenvalue weighted by Gasteiger charge is -2.27. The first-order valence-corrected chi connectivity index (χ1v) is 8.55. The predicted octanol–water partition coefficient (Wildman–Crippen LogP) is 1.86. The molecule has 1 saturated heterocycles. The minimum absolute atomic E-state index is 0.195. The summed E-state index contributed by atoms with van der Waals surface area (Å²) in [7, 11) is 3.23. The molecule has 2 rings (SSSR count). The van der Waals surface area contributed by atoms with Crippen molar-refractivity contribution in [2.45, 2.75) is 26.2 Å². The Morgan fingerprint density at radius 2 is 1.79 bits per heavy atom. The van der Waals surface area contributed by atoms with Crippen molar-refractivity contribution in [2.75, 3.05) is 47.0 Å². The third-order valence-electron chi connectivity index (χ3n) is 4.07. The molecule has 134 valence electrons. The van der Waals surface area contributed by atoms with Crippen LogP contribution in [0.4, 0.5) is 0 Å². The molecule has 1 heterocycles. The molecule has 0 aromatic heterocycles. The number of amides is 1. The maximum absolute atomic E-state index is 12.3. The minimum Gasteiger partial charge on any atom is -0.493 e. The Hall–Kier alpha value is -1.95. The van der Waals surface area contributed by atoms with Crippen molar-refractivity contribution >= 4 is 5.91 Å². The van der Waals surface area contributed by atoms with E-state index >= 15 is 0 Å². The van der Waals surface area contributed by atoms with Gasteiger partial charge in [0.2, 0.25) is 11.7 Å². The number of benzene rings is 1. The third kappa shape index (κ3) is 4.77. The zero-order chi connectivity index (χ0) is 17.4. The summed E-state index contributed by atoms with van der Waals surface area (Å²) in [5, 5.41) is 3.26. The van der Waals surface area contributed by atoms with Gasteiger partial charge in [0.25, 0.3) is 0 Å². The SMILES string of the molecule is CCCOc1c(OC)cc(CCC(=O)N2CCNCC2)cc1OC. The Labute approximate surface area is 144 Å². The van der Waals surface area contributed by atoms with Gasteiger partial charge in [-0.25, -0.2) is 0 Å². The fourth-order valence-corrected chi connectivity index (χ4v) is 2.75. The molecule has 0 atom stereocenters. The lowest BCUT2D eigenvalue weighted by atomic mass is 10.1. The van der Waals surface area contributed by atoms with Gasteiger partial charge in [0, 0.05) is 32.6 Å². The first-order valence-electron chi connectivity index (χ1n) is 8.55. The molecule has 0 radical (unpaired) electrons. The predicted molar refractivity (Wildman–Crippen MR) is 93.1 cm³/mol. The highest BCUT2D eigenvalue weighted by molar-refractivity contribution is 5.76. The number of piperazine rings is 1. The summed E-state index contributed by atoms with van der Waals surface area (Å²) in [6.45, 7) is 5.97. The van der Waals surface area contributed by atoms with Gasteiger partial charge in [0.1, 0.15) is 0 Å². The highest BCUT2D eigenvalue weighted by atomic mass is 16.5. The minimum atomic E-state index is 0.195. The van der Waals surface area contributed by atoms with E-state index in [1.165, 1.54) is 0 Å². The number of rotatable bonds is 8. The lowest BCUT2D eigenvalue weighted by Crippen LogP contribution is -2.46. The highest BCUT2D eigenvalue weighted by Crippen LogP contribution is 2.39. The number of carbonyl (C=O) groups excluding carboxylic acids is 1. The number of ether oxygens (including phenoxy) is 3. The molecule has 24 heavy (non-hydrogen) atoms. The molecule has 1 aliphatic rings. The number of carbonyl (C=O) groups is 1. The quantitative estimate of drug-likeness (QED) is 0.785. The molecule has 0 unspecified atom stereocenters. The summed E-state index contributed by atoms with van der Waals surface area (Å²) in [6.07, 6.45) is 2.05.